The van der Waals surface area contributed by atoms with Crippen molar-refractivity contribution < 1.29 is 9.90 Å². The van der Waals surface area contributed by atoms with Crippen molar-refractivity contribution in [3.8, 4) is 0 Å². The van der Waals surface area contributed by atoms with Crippen LogP contribution in [-0.2, 0) is 4.79 Å². The van der Waals surface area contributed by atoms with Gasteiger partial charge < -0.3 is 5.11 Å². The first-order valence-corrected chi connectivity index (χ1v) is 10.2. The minimum Gasteiger partial charge on any atom is -0.480 e. The Morgan fingerprint density at radius 1 is 1.07 bits per heavy atom. The Bertz CT molecular complexity index is 804. The predicted octanol–water partition coefficient (Wildman–Crippen LogP) is 6.15. The summed E-state index contributed by atoms with van der Waals surface area (Å²) in [7, 11) is 0. The highest BCUT2D eigenvalue weighted by Gasteiger charge is 2.35. The normalized spacial score (nSPS) is 19.2. The van der Waals surface area contributed by atoms with E-state index in [4.69, 9.17) is 23.2 Å². The number of hydrogen-bond donors (Lipinski definition) is 1. The average molecular weight is 406 g/mol. The predicted molar refractivity (Wildman–Crippen MR) is 111 cm³/mol. The number of carboxylic acid groups (broad SMARTS) is 1. The lowest BCUT2D eigenvalue weighted by Crippen LogP contribution is -2.46. The average Bonchev–Trinajstić information content (AvgIpc) is 2.64. The van der Waals surface area contributed by atoms with E-state index in [0.29, 0.717) is 22.4 Å². The van der Waals surface area contributed by atoms with Gasteiger partial charge in [-0.2, -0.15) is 0 Å². The van der Waals surface area contributed by atoms with Crippen LogP contribution < -0.4 is 0 Å². The molecule has 144 valence electrons. The van der Waals surface area contributed by atoms with Crippen LogP contribution in [0.25, 0.3) is 0 Å². The second-order valence-corrected chi connectivity index (χ2v) is 8.32. The first-order valence-electron chi connectivity index (χ1n) is 9.42. The first kappa shape index (κ1) is 20.2. The molecule has 1 saturated heterocycles. The molecule has 1 aliphatic heterocycles. The van der Waals surface area contributed by atoms with Crippen molar-refractivity contribution in [2.75, 3.05) is 6.54 Å². The van der Waals surface area contributed by atoms with Gasteiger partial charge in [0, 0.05) is 10.0 Å². The Hall–Kier alpha value is -1.55. The molecule has 2 unspecified atom stereocenters. The minimum absolute atomic E-state index is 0.211. The fourth-order valence-electron chi connectivity index (χ4n) is 3.86. The van der Waals surface area contributed by atoms with Crippen LogP contribution in [0.15, 0.2) is 42.5 Å². The molecule has 0 spiro atoms. The summed E-state index contributed by atoms with van der Waals surface area (Å²) in [6.07, 6.45) is 2.57. The molecule has 5 heteroatoms. The van der Waals surface area contributed by atoms with Crippen LogP contribution in [0.3, 0.4) is 0 Å². The van der Waals surface area contributed by atoms with Crippen LogP contribution >= 0.6 is 23.2 Å². The molecule has 0 saturated carbocycles. The van der Waals surface area contributed by atoms with Gasteiger partial charge in [0.1, 0.15) is 6.04 Å². The summed E-state index contributed by atoms with van der Waals surface area (Å²) < 4.78 is 0. The van der Waals surface area contributed by atoms with Gasteiger partial charge in [0.05, 0.1) is 6.04 Å². The lowest BCUT2D eigenvalue weighted by Gasteiger charge is -2.40. The van der Waals surface area contributed by atoms with Crippen LogP contribution in [-0.4, -0.2) is 28.6 Å². The number of rotatable bonds is 5. The summed E-state index contributed by atoms with van der Waals surface area (Å²) in [6, 6.07) is 13.2. The number of carbonyl (C=O) groups is 1. The third kappa shape index (κ3) is 4.48. The molecule has 2 aromatic rings. The Balaban J connectivity index is 2.09. The van der Waals surface area contributed by atoms with E-state index < -0.39 is 12.0 Å². The highest BCUT2D eigenvalue weighted by atomic mass is 35.5. The zero-order valence-corrected chi connectivity index (χ0v) is 17.2. The molecule has 3 nitrogen and oxygen atoms in total. The summed E-state index contributed by atoms with van der Waals surface area (Å²) in [5.74, 6) is -0.332. The Morgan fingerprint density at radius 3 is 2.33 bits per heavy atom. The van der Waals surface area contributed by atoms with Gasteiger partial charge in [-0.25, -0.2) is 0 Å². The summed E-state index contributed by atoms with van der Waals surface area (Å²) in [4.78, 5) is 14.0. The van der Waals surface area contributed by atoms with Crippen molar-refractivity contribution in [2.45, 2.75) is 51.1 Å². The quantitative estimate of drug-likeness (QED) is 0.648. The highest BCUT2D eigenvalue weighted by Crippen LogP contribution is 2.38. The van der Waals surface area contributed by atoms with Gasteiger partial charge in [0.15, 0.2) is 0 Å². The van der Waals surface area contributed by atoms with Crippen molar-refractivity contribution in [3.63, 3.8) is 0 Å². The Labute approximate surface area is 170 Å². The largest absolute Gasteiger partial charge is 0.480 e. The lowest BCUT2D eigenvalue weighted by molar-refractivity contribution is -0.145. The molecule has 2 aromatic carbocycles. The maximum Gasteiger partial charge on any atom is 0.320 e. The van der Waals surface area contributed by atoms with Crippen molar-refractivity contribution in [3.05, 3.63) is 69.2 Å². The van der Waals surface area contributed by atoms with E-state index in [1.165, 1.54) is 5.56 Å². The van der Waals surface area contributed by atoms with Crippen molar-refractivity contribution in [1.29, 1.82) is 0 Å². The molecular formula is C22H25Cl2NO2. The SMILES string of the molecule is CC(C)c1ccc(C(c2ccc(Cl)cc2Cl)N2CCCCC2C(=O)O)cc1. The molecular weight excluding hydrogens is 381 g/mol. The van der Waals surface area contributed by atoms with Crippen molar-refractivity contribution >= 4 is 29.2 Å². The monoisotopic (exact) mass is 405 g/mol. The van der Waals surface area contributed by atoms with Gasteiger partial charge in [-0.3, -0.25) is 9.69 Å². The highest BCUT2D eigenvalue weighted by molar-refractivity contribution is 6.35. The standard InChI is InChI=1S/C22H25Cl2NO2/c1-14(2)15-6-8-16(9-7-15)21(18-11-10-17(23)13-19(18)24)25-12-4-3-5-20(25)22(26)27/h6-11,13-14,20-21H,3-5,12H2,1-2H3,(H,26,27). The van der Waals surface area contributed by atoms with E-state index in [1.54, 1.807) is 6.07 Å². The fraction of sp³-hybridized carbons (Fsp3) is 0.409. The number of nitrogens with zero attached hydrogens (tertiary/aromatic N) is 1. The number of likely N-dealkylation sites (tertiary alicyclic amines) is 1. The first-order chi connectivity index (χ1) is 12.9. The summed E-state index contributed by atoms with van der Waals surface area (Å²) in [5, 5.41) is 10.9. The van der Waals surface area contributed by atoms with E-state index >= 15 is 0 Å². The van der Waals surface area contributed by atoms with Crippen LogP contribution in [0.1, 0.15) is 61.8 Å². The molecule has 3 rings (SSSR count). The fourth-order valence-corrected chi connectivity index (χ4v) is 4.38. The van der Waals surface area contributed by atoms with Gasteiger partial charge in [-0.1, -0.05) is 73.8 Å². The van der Waals surface area contributed by atoms with E-state index in [0.717, 1.165) is 30.5 Å². The number of hydrogen-bond acceptors (Lipinski definition) is 2. The van der Waals surface area contributed by atoms with E-state index in [1.807, 2.05) is 12.1 Å². The van der Waals surface area contributed by atoms with Crippen LogP contribution in [0, 0.1) is 0 Å². The van der Waals surface area contributed by atoms with E-state index in [2.05, 4.69) is 43.0 Å². The Morgan fingerprint density at radius 2 is 1.74 bits per heavy atom. The number of carboxylic acids is 1. The van der Waals surface area contributed by atoms with Crippen LogP contribution in [0.5, 0.6) is 0 Å². The van der Waals surface area contributed by atoms with Crippen molar-refractivity contribution in [2.24, 2.45) is 0 Å². The minimum atomic E-state index is -0.774. The second kappa shape index (κ2) is 8.64. The molecule has 1 N–H and O–H groups in total. The molecule has 0 aromatic heterocycles. The smallest absolute Gasteiger partial charge is 0.320 e. The zero-order valence-electron chi connectivity index (χ0n) is 15.7. The lowest BCUT2D eigenvalue weighted by atomic mass is 9.90. The molecule has 27 heavy (non-hydrogen) atoms. The van der Waals surface area contributed by atoms with E-state index in [-0.39, 0.29) is 6.04 Å². The summed E-state index contributed by atoms with van der Waals surface area (Å²) in [5.41, 5.74) is 3.21. The number of halogens is 2. The molecule has 1 heterocycles. The van der Waals surface area contributed by atoms with Gasteiger partial charge in [0.2, 0.25) is 0 Å². The molecule has 0 amide bonds. The number of aliphatic carboxylic acids is 1. The van der Waals surface area contributed by atoms with Gasteiger partial charge >= 0.3 is 5.97 Å². The second-order valence-electron chi connectivity index (χ2n) is 7.48. The molecule has 2 atom stereocenters. The molecule has 0 radical (unpaired) electrons. The van der Waals surface area contributed by atoms with Gasteiger partial charge in [-0.05, 0) is 54.1 Å². The topological polar surface area (TPSA) is 40.5 Å². The van der Waals surface area contributed by atoms with Crippen LogP contribution in [0.4, 0.5) is 0 Å². The molecule has 0 bridgehead atoms. The summed E-state index contributed by atoms with van der Waals surface area (Å²) >= 11 is 12.6. The molecule has 1 aliphatic rings. The van der Waals surface area contributed by atoms with Gasteiger partial charge in [0.25, 0.3) is 0 Å². The maximum atomic E-state index is 11.9. The van der Waals surface area contributed by atoms with Crippen molar-refractivity contribution in [1.82, 2.24) is 4.90 Å². The summed E-state index contributed by atoms with van der Waals surface area (Å²) in [6.45, 7) is 5.05. The van der Waals surface area contributed by atoms with Gasteiger partial charge in [-0.15, -0.1) is 0 Å². The maximum absolute atomic E-state index is 11.9. The van der Waals surface area contributed by atoms with E-state index in [9.17, 15) is 9.90 Å². The molecule has 0 aliphatic carbocycles. The number of piperidine rings is 1. The zero-order chi connectivity index (χ0) is 19.6. The Kier molecular flexibility index (Phi) is 6.46. The third-order valence-electron chi connectivity index (χ3n) is 5.34. The molecule has 1 fully saturated rings. The van der Waals surface area contributed by atoms with Crippen LogP contribution in [0.2, 0.25) is 10.0 Å². The number of benzene rings is 2. The third-order valence-corrected chi connectivity index (χ3v) is 5.90.